The summed E-state index contributed by atoms with van der Waals surface area (Å²) in [6.45, 7) is 4.71. The molecule has 154 valence electrons. The Morgan fingerprint density at radius 1 is 1.34 bits per heavy atom. The molecule has 0 saturated carbocycles. The second-order valence-electron chi connectivity index (χ2n) is 7.56. The molecule has 7 nitrogen and oxygen atoms in total. The SMILES string of the molecule is CC(C)CN(C(=O)CNC(=O)/C=C/c1ccccc1)[C@H](C#N)C[C@@H]1CCNC1=O. The Bertz CT molecular complexity index is 783. The number of benzene rings is 1. The van der Waals surface area contributed by atoms with Gasteiger partial charge in [0.25, 0.3) is 0 Å². The first-order chi connectivity index (χ1) is 13.9. The van der Waals surface area contributed by atoms with Gasteiger partial charge in [-0.15, -0.1) is 0 Å². The van der Waals surface area contributed by atoms with E-state index in [1.807, 2.05) is 44.2 Å². The van der Waals surface area contributed by atoms with Crippen LogP contribution in [-0.2, 0) is 14.4 Å². The molecule has 29 heavy (non-hydrogen) atoms. The molecule has 1 saturated heterocycles. The summed E-state index contributed by atoms with van der Waals surface area (Å²) in [6, 6.07) is 10.8. The van der Waals surface area contributed by atoms with Gasteiger partial charge in [0.05, 0.1) is 12.6 Å². The minimum Gasteiger partial charge on any atom is -0.356 e. The zero-order valence-corrected chi connectivity index (χ0v) is 16.9. The fourth-order valence-corrected chi connectivity index (χ4v) is 3.24. The van der Waals surface area contributed by atoms with E-state index in [0.717, 1.165) is 5.56 Å². The quantitative estimate of drug-likeness (QED) is 0.621. The van der Waals surface area contributed by atoms with Crippen molar-refractivity contribution in [2.24, 2.45) is 11.8 Å². The number of nitrogens with one attached hydrogen (secondary N) is 2. The number of carbonyl (C=O) groups excluding carboxylic acids is 3. The molecule has 0 aromatic heterocycles. The molecule has 0 radical (unpaired) electrons. The van der Waals surface area contributed by atoms with Gasteiger partial charge in [-0.3, -0.25) is 14.4 Å². The maximum absolute atomic E-state index is 12.7. The lowest BCUT2D eigenvalue weighted by Crippen LogP contribution is -2.47. The van der Waals surface area contributed by atoms with Gasteiger partial charge in [0, 0.05) is 25.1 Å². The fraction of sp³-hybridized carbons (Fsp3) is 0.455. The Balaban J connectivity index is 1.96. The zero-order chi connectivity index (χ0) is 21.2. The number of hydrogen-bond acceptors (Lipinski definition) is 4. The molecule has 2 rings (SSSR count). The van der Waals surface area contributed by atoms with Gasteiger partial charge in [0.15, 0.2) is 0 Å². The van der Waals surface area contributed by atoms with Crippen molar-refractivity contribution in [2.75, 3.05) is 19.6 Å². The molecule has 2 N–H and O–H groups in total. The molecule has 2 atom stereocenters. The summed E-state index contributed by atoms with van der Waals surface area (Å²) >= 11 is 0. The van der Waals surface area contributed by atoms with Crippen LogP contribution in [0.5, 0.6) is 0 Å². The lowest BCUT2D eigenvalue weighted by atomic mass is 9.97. The van der Waals surface area contributed by atoms with Crippen LogP contribution in [0, 0.1) is 23.2 Å². The Morgan fingerprint density at radius 3 is 2.66 bits per heavy atom. The van der Waals surface area contributed by atoms with Crippen LogP contribution in [0.15, 0.2) is 36.4 Å². The van der Waals surface area contributed by atoms with E-state index in [-0.39, 0.29) is 36.1 Å². The normalized spacial score (nSPS) is 17.0. The van der Waals surface area contributed by atoms with Crippen LogP contribution in [0.2, 0.25) is 0 Å². The van der Waals surface area contributed by atoms with E-state index in [2.05, 4.69) is 16.7 Å². The molecule has 0 unspecified atom stereocenters. The topological polar surface area (TPSA) is 102 Å². The van der Waals surface area contributed by atoms with E-state index in [9.17, 15) is 19.6 Å². The van der Waals surface area contributed by atoms with Crippen molar-refractivity contribution < 1.29 is 14.4 Å². The van der Waals surface area contributed by atoms with Crippen molar-refractivity contribution in [1.82, 2.24) is 15.5 Å². The van der Waals surface area contributed by atoms with E-state index in [4.69, 9.17) is 0 Å². The summed E-state index contributed by atoms with van der Waals surface area (Å²) in [5.74, 6) is -0.881. The molecule has 7 heteroatoms. The van der Waals surface area contributed by atoms with Gasteiger partial charge >= 0.3 is 0 Å². The summed E-state index contributed by atoms with van der Waals surface area (Å²) in [6.07, 6.45) is 4.02. The van der Waals surface area contributed by atoms with Gasteiger partial charge in [-0.25, -0.2) is 0 Å². The highest BCUT2D eigenvalue weighted by atomic mass is 16.2. The van der Waals surface area contributed by atoms with Crippen molar-refractivity contribution in [3.05, 3.63) is 42.0 Å². The van der Waals surface area contributed by atoms with Gasteiger partial charge in [-0.2, -0.15) is 5.26 Å². The van der Waals surface area contributed by atoms with Crippen molar-refractivity contribution in [2.45, 2.75) is 32.7 Å². The van der Waals surface area contributed by atoms with Gasteiger partial charge in [0.2, 0.25) is 17.7 Å². The minimum absolute atomic E-state index is 0.0680. The van der Waals surface area contributed by atoms with E-state index in [1.165, 1.54) is 11.0 Å². The summed E-state index contributed by atoms with van der Waals surface area (Å²) in [7, 11) is 0. The molecule has 3 amide bonds. The summed E-state index contributed by atoms with van der Waals surface area (Å²) in [4.78, 5) is 38.1. The van der Waals surface area contributed by atoms with E-state index in [0.29, 0.717) is 25.9 Å². The summed E-state index contributed by atoms with van der Waals surface area (Å²) in [5, 5.41) is 15.0. The lowest BCUT2D eigenvalue weighted by molar-refractivity contribution is -0.134. The standard InChI is InChI=1S/C22H28N4O3/c1-16(2)15-26(19(13-23)12-18-10-11-24-22(18)29)21(28)14-25-20(27)9-8-17-6-4-3-5-7-17/h3-9,16,18-19H,10-12,14-15H2,1-2H3,(H,24,29)(H,25,27)/b9-8+/t18-,19-/m0/s1. The van der Waals surface area contributed by atoms with E-state index in [1.54, 1.807) is 6.08 Å². The highest BCUT2D eigenvalue weighted by Crippen LogP contribution is 2.20. The predicted octanol–water partition coefficient (Wildman–Crippen LogP) is 1.72. The minimum atomic E-state index is -0.699. The number of amides is 3. The Hall–Kier alpha value is -3.14. The van der Waals surface area contributed by atoms with Crippen LogP contribution < -0.4 is 10.6 Å². The maximum Gasteiger partial charge on any atom is 0.244 e. The average Bonchev–Trinajstić information content (AvgIpc) is 3.12. The van der Waals surface area contributed by atoms with Crippen molar-refractivity contribution >= 4 is 23.8 Å². The van der Waals surface area contributed by atoms with Crippen LogP contribution in [0.25, 0.3) is 6.08 Å². The maximum atomic E-state index is 12.7. The number of nitriles is 1. The Morgan fingerprint density at radius 2 is 2.07 bits per heavy atom. The first-order valence-electron chi connectivity index (χ1n) is 9.88. The number of nitrogens with zero attached hydrogens (tertiary/aromatic N) is 2. The Kier molecular flexibility index (Phi) is 8.41. The zero-order valence-electron chi connectivity index (χ0n) is 16.9. The van der Waals surface area contributed by atoms with Gasteiger partial charge < -0.3 is 15.5 Å². The average molecular weight is 396 g/mol. The van der Waals surface area contributed by atoms with Crippen LogP contribution in [0.4, 0.5) is 0 Å². The third kappa shape index (κ3) is 7.07. The molecule has 1 heterocycles. The number of rotatable bonds is 9. The molecular weight excluding hydrogens is 368 g/mol. The predicted molar refractivity (Wildman–Crippen MR) is 110 cm³/mol. The highest BCUT2D eigenvalue weighted by molar-refractivity contribution is 5.94. The second kappa shape index (κ2) is 11.0. The molecule has 1 aromatic carbocycles. The molecule has 0 aliphatic carbocycles. The van der Waals surface area contributed by atoms with Crippen molar-refractivity contribution in [3.63, 3.8) is 0 Å². The molecular formula is C22H28N4O3. The van der Waals surface area contributed by atoms with Gasteiger partial charge in [-0.1, -0.05) is 44.2 Å². The molecule has 1 aliphatic heterocycles. The van der Waals surface area contributed by atoms with Crippen molar-refractivity contribution in [3.8, 4) is 6.07 Å². The van der Waals surface area contributed by atoms with E-state index >= 15 is 0 Å². The number of carbonyl (C=O) groups is 3. The summed E-state index contributed by atoms with van der Waals surface area (Å²) < 4.78 is 0. The molecule has 0 spiro atoms. The second-order valence-corrected chi connectivity index (χ2v) is 7.56. The number of hydrogen-bond donors (Lipinski definition) is 2. The Labute approximate surface area is 171 Å². The van der Waals surface area contributed by atoms with Gasteiger partial charge in [0.1, 0.15) is 6.04 Å². The summed E-state index contributed by atoms with van der Waals surface area (Å²) in [5.41, 5.74) is 0.884. The third-order valence-corrected chi connectivity index (χ3v) is 4.72. The van der Waals surface area contributed by atoms with Crippen molar-refractivity contribution in [1.29, 1.82) is 5.26 Å². The monoisotopic (exact) mass is 396 g/mol. The van der Waals surface area contributed by atoms with Crippen LogP contribution in [0.1, 0.15) is 32.3 Å². The first-order valence-corrected chi connectivity index (χ1v) is 9.88. The molecule has 0 bridgehead atoms. The smallest absolute Gasteiger partial charge is 0.244 e. The van der Waals surface area contributed by atoms with Gasteiger partial charge in [-0.05, 0) is 30.4 Å². The molecule has 1 aromatic rings. The molecule has 1 aliphatic rings. The third-order valence-electron chi connectivity index (χ3n) is 4.72. The fourth-order valence-electron chi connectivity index (χ4n) is 3.24. The van der Waals surface area contributed by atoms with Crippen LogP contribution >= 0.6 is 0 Å². The molecule has 1 fully saturated rings. The van der Waals surface area contributed by atoms with E-state index < -0.39 is 6.04 Å². The lowest BCUT2D eigenvalue weighted by Gasteiger charge is -2.30. The van der Waals surface area contributed by atoms with Crippen LogP contribution in [-0.4, -0.2) is 48.3 Å². The highest BCUT2D eigenvalue weighted by Gasteiger charge is 2.32. The van der Waals surface area contributed by atoms with Crippen LogP contribution in [0.3, 0.4) is 0 Å². The largest absolute Gasteiger partial charge is 0.356 e. The first kappa shape index (κ1) is 22.2.